The van der Waals surface area contributed by atoms with Crippen molar-refractivity contribution in [1.29, 1.82) is 0 Å². The lowest BCUT2D eigenvalue weighted by Gasteiger charge is -2.35. The largest absolute Gasteiger partial charge is 0.481 e. The molecule has 1 aliphatic heterocycles. The Labute approximate surface area is 133 Å². The fourth-order valence-electron chi connectivity index (χ4n) is 3.98. The average Bonchev–Trinajstić information content (AvgIpc) is 2.47. The van der Waals surface area contributed by atoms with E-state index in [0.717, 1.165) is 12.3 Å². The molecule has 0 spiro atoms. The minimum atomic E-state index is -0.792. The number of carboxylic acid groups (broad SMARTS) is 1. The molecule has 2 N–H and O–H groups in total. The van der Waals surface area contributed by atoms with Gasteiger partial charge in [0.25, 0.3) is 0 Å². The third kappa shape index (κ3) is 4.89. The highest BCUT2D eigenvalue weighted by Crippen LogP contribution is 2.27. The molecular weight excluding hydrogens is 280 g/mol. The van der Waals surface area contributed by atoms with E-state index in [1.807, 2.05) is 6.92 Å². The first kappa shape index (κ1) is 17.1. The molecule has 126 valence electrons. The van der Waals surface area contributed by atoms with Crippen LogP contribution in [-0.4, -0.2) is 41.1 Å². The van der Waals surface area contributed by atoms with Crippen molar-refractivity contribution in [2.45, 2.75) is 64.8 Å². The minimum Gasteiger partial charge on any atom is -0.481 e. The van der Waals surface area contributed by atoms with Crippen LogP contribution in [0.4, 0.5) is 4.79 Å². The Morgan fingerprint density at radius 2 is 1.91 bits per heavy atom. The van der Waals surface area contributed by atoms with Gasteiger partial charge in [-0.15, -0.1) is 0 Å². The zero-order valence-electron chi connectivity index (χ0n) is 13.9. The number of carbonyl (C=O) groups excluding carboxylic acids is 1. The lowest BCUT2D eigenvalue weighted by Crippen LogP contribution is -2.51. The lowest BCUT2D eigenvalue weighted by molar-refractivity contribution is -0.143. The topological polar surface area (TPSA) is 69.6 Å². The Balaban J connectivity index is 1.81. The van der Waals surface area contributed by atoms with Gasteiger partial charge in [0.2, 0.25) is 0 Å². The van der Waals surface area contributed by atoms with Crippen LogP contribution in [0.15, 0.2) is 0 Å². The van der Waals surface area contributed by atoms with Crippen molar-refractivity contribution in [2.75, 3.05) is 13.1 Å². The van der Waals surface area contributed by atoms with Crippen LogP contribution in [0.5, 0.6) is 0 Å². The molecule has 2 amide bonds. The number of aliphatic carboxylic acids is 1. The molecule has 1 aliphatic carbocycles. The molecular formula is C17H30N2O3. The maximum atomic E-state index is 12.4. The van der Waals surface area contributed by atoms with Crippen LogP contribution in [0, 0.1) is 17.8 Å². The summed E-state index contributed by atoms with van der Waals surface area (Å²) in [5.74, 6) is -0.242. The first-order chi connectivity index (χ1) is 10.5. The van der Waals surface area contributed by atoms with Gasteiger partial charge < -0.3 is 15.3 Å². The summed E-state index contributed by atoms with van der Waals surface area (Å²) in [6, 6.07) is 0.0669. The highest BCUT2D eigenvalue weighted by Gasteiger charge is 2.32. The van der Waals surface area contributed by atoms with Crippen molar-refractivity contribution in [3.8, 4) is 0 Å². The average molecular weight is 310 g/mol. The number of nitrogens with zero attached hydrogens (tertiary/aromatic N) is 1. The van der Waals surface area contributed by atoms with E-state index in [4.69, 9.17) is 0 Å². The van der Waals surface area contributed by atoms with Gasteiger partial charge in [-0.1, -0.05) is 39.0 Å². The number of hydrogen-bond donors (Lipinski definition) is 2. The number of amides is 2. The third-order valence-electron chi connectivity index (χ3n) is 5.08. The SMILES string of the molecule is CC1CC(C(=O)O)CN(C(=O)N[C@@H](C)CC2CCCCC2)C1. The van der Waals surface area contributed by atoms with E-state index in [1.165, 1.54) is 32.1 Å². The maximum Gasteiger partial charge on any atom is 0.317 e. The van der Waals surface area contributed by atoms with Crippen LogP contribution >= 0.6 is 0 Å². The van der Waals surface area contributed by atoms with Crippen LogP contribution in [0.25, 0.3) is 0 Å². The predicted octanol–water partition coefficient (Wildman–Crippen LogP) is 3.10. The van der Waals surface area contributed by atoms with E-state index < -0.39 is 11.9 Å². The first-order valence-corrected chi connectivity index (χ1v) is 8.74. The van der Waals surface area contributed by atoms with Crippen molar-refractivity contribution < 1.29 is 14.7 Å². The summed E-state index contributed by atoms with van der Waals surface area (Å²) in [7, 11) is 0. The number of hydrogen-bond acceptors (Lipinski definition) is 2. The number of nitrogens with one attached hydrogen (secondary N) is 1. The summed E-state index contributed by atoms with van der Waals surface area (Å²) in [6.07, 6.45) is 8.24. The van der Waals surface area contributed by atoms with Gasteiger partial charge in [-0.05, 0) is 31.6 Å². The third-order valence-corrected chi connectivity index (χ3v) is 5.08. The van der Waals surface area contributed by atoms with Gasteiger partial charge in [-0.25, -0.2) is 4.79 Å². The Morgan fingerprint density at radius 3 is 2.55 bits per heavy atom. The molecule has 1 saturated carbocycles. The minimum absolute atomic E-state index is 0.0962. The molecule has 0 aromatic carbocycles. The summed E-state index contributed by atoms with van der Waals surface area (Å²) in [4.78, 5) is 25.3. The van der Waals surface area contributed by atoms with Crippen LogP contribution in [0.3, 0.4) is 0 Å². The second-order valence-electron chi connectivity index (χ2n) is 7.37. The van der Waals surface area contributed by atoms with Gasteiger partial charge in [0.15, 0.2) is 0 Å². The molecule has 0 bridgehead atoms. The monoisotopic (exact) mass is 310 g/mol. The standard InChI is InChI=1S/C17H30N2O3/c1-12-8-15(16(20)21)11-19(10-12)17(22)18-13(2)9-14-6-4-3-5-7-14/h12-15H,3-11H2,1-2H3,(H,18,22)(H,20,21)/t12?,13-,15?/m0/s1. The van der Waals surface area contributed by atoms with Gasteiger partial charge in [0, 0.05) is 19.1 Å². The quantitative estimate of drug-likeness (QED) is 0.838. The van der Waals surface area contributed by atoms with E-state index in [0.29, 0.717) is 19.5 Å². The van der Waals surface area contributed by atoms with Crippen LogP contribution in [-0.2, 0) is 4.79 Å². The van der Waals surface area contributed by atoms with Crippen molar-refractivity contribution in [1.82, 2.24) is 10.2 Å². The van der Waals surface area contributed by atoms with E-state index in [9.17, 15) is 14.7 Å². The molecule has 2 aliphatic rings. The first-order valence-electron chi connectivity index (χ1n) is 8.74. The number of rotatable bonds is 4. The van der Waals surface area contributed by atoms with Gasteiger partial charge in [0.05, 0.1) is 5.92 Å². The Kier molecular flexibility index (Phi) is 6.09. The van der Waals surface area contributed by atoms with Crippen molar-refractivity contribution in [3.05, 3.63) is 0 Å². The molecule has 5 nitrogen and oxygen atoms in total. The van der Waals surface area contributed by atoms with Crippen LogP contribution < -0.4 is 5.32 Å². The Hall–Kier alpha value is -1.26. The summed E-state index contributed by atoms with van der Waals surface area (Å²) < 4.78 is 0. The molecule has 5 heteroatoms. The van der Waals surface area contributed by atoms with Gasteiger partial charge in [0.1, 0.15) is 0 Å². The van der Waals surface area contributed by atoms with Crippen molar-refractivity contribution in [2.24, 2.45) is 17.8 Å². The molecule has 2 fully saturated rings. The number of piperidine rings is 1. The molecule has 2 unspecified atom stereocenters. The molecule has 3 atom stereocenters. The second kappa shape index (κ2) is 7.84. The molecule has 2 rings (SSSR count). The molecule has 22 heavy (non-hydrogen) atoms. The molecule has 0 aromatic rings. The molecule has 0 radical (unpaired) electrons. The Bertz CT molecular complexity index is 393. The Morgan fingerprint density at radius 1 is 1.23 bits per heavy atom. The summed E-state index contributed by atoms with van der Waals surface area (Å²) >= 11 is 0. The highest BCUT2D eigenvalue weighted by atomic mass is 16.4. The lowest BCUT2D eigenvalue weighted by atomic mass is 9.85. The smallest absolute Gasteiger partial charge is 0.317 e. The molecule has 0 aromatic heterocycles. The normalized spacial score (nSPS) is 28.2. The van der Waals surface area contributed by atoms with Gasteiger partial charge >= 0.3 is 12.0 Å². The summed E-state index contributed by atoms with van der Waals surface area (Å²) in [6.45, 7) is 5.07. The molecule has 1 saturated heterocycles. The van der Waals surface area contributed by atoms with E-state index in [-0.39, 0.29) is 18.0 Å². The van der Waals surface area contributed by atoms with Gasteiger partial charge in [-0.2, -0.15) is 0 Å². The van der Waals surface area contributed by atoms with E-state index in [2.05, 4.69) is 12.2 Å². The van der Waals surface area contributed by atoms with Crippen molar-refractivity contribution >= 4 is 12.0 Å². The summed E-state index contributed by atoms with van der Waals surface area (Å²) in [5, 5.41) is 12.3. The predicted molar refractivity (Wildman–Crippen MR) is 85.7 cm³/mol. The van der Waals surface area contributed by atoms with Crippen molar-refractivity contribution in [3.63, 3.8) is 0 Å². The zero-order valence-corrected chi connectivity index (χ0v) is 13.9. The maximum absolute atomic E-state index is 12.4. The number of carboxylic acids is 1. The number of likely N-dealkylation sites (tertiary alicyclic amines) is 1. The van der Waals surface area contributed by atoms with Crippen LogP contribution in [0.2, 0.25) is 0 Å². The summed E-state index contributed by atoms with van der Waals surface area (Å²) in [5.41, 5.74) is 0. The van der Waals surface area contributed by atoms with E-state index >= 15 is 0 Å². The van der Waals surface area contributed by atoms with Gasteiger partial charge in [-0.3, -0.25) is 4.79 Å². The van der Waals surface area contributed by atoms with Crippen LogP contribution in [0.1, 0.15) is 58.8 Å². The highest BCUT2D eigenvalue weighted by molar-refractivity contribution is 5.76. The zero-order chi connectivity index (χ0) is 16.1. The number of urea groups is 1. The van der Waals surface area contributed by atoms with E-state index in [1.54, 1.807) is 4.90 Å². The second-order valence-corrected chi connectivity index (χ2v) is 7.37. The molecule has 1 heterocycles. The fraction of sp³-hybridized carbons (Fsp3) is 0.882. The number of carbonyl (C=O) groups is 2. The fourth-order valence-corrected chi connectivity index (χ4v) is 3.98.